The number of esters is 1. The molecule has 1 aliphatic heterocycles. The number of ether oxygens (including phenoxy) is 1. The number of fused-ring (bicyclic) bond motifs is 3. The van der Waals surface area contributed by atoms with Crippen molar-refractivity contribution in [2.75, 3.05) is 11.9 Å². The summed E-state index contributed by atoms with van der Waals surface area (Å²) >= 11 is 0. The molecule has 1 aliphatic carbocycles. The molecule has 2 aliphatic rings. The van der Waals surface area contributed by atoms with Crippen LogP contribution in [0.2, 0.25) is 0 Å². The quantitative estimate of drug-likeness (QED) is 0.668. The molecule has 0 aromatic heterocycles. The Morgan fingerprint density at radius 2 is 1.89 bits per heavy atom. The molecule has 0 bridgehead atoms. The summed E-state index contributed by atoms with van der Waals surface area (Å²) in [6.07, 6.45) is 5.29. The van der Waals surface area contributed by atoms with Gasteiger partial charge in [0, 0.05) is 11.6 Å². The summed E-state index contributed by atoms with van der Waals surface area (Å²) in [5.74, 6) is -0.959. The lowest BCUT2D eigenvalue weighted by Crippen LogP contribution is -2.29. The summed E-state index contributed by atoms with van der Waals surface area (Å²) in [5, 5.41) is 14.6. The number of hydrogen-bond donors (Lipinski definition) is 1. The van der Waals surface area contributed by atoms with Gasteiger partial charge >= 0.3 is 5.97 Å². The second-order valence-electron chi connectivity index (χ2n) is 6.91. The number of benzene rings is 2. The lowest BCUT2D eigenvalue weighted by Gasteiger charge is -2.37. The van der Waals surface area contributed by atoms with E-state index >= 15 is 0 Å². The zero-order chi connectivity index (χ0) is 19.0. The van der Waals surface area contributed by atoms with E-state index in [0.29, 0.717) is 18.1 Å². The first kappa shape index (κ1) is 17.3. The van der Waals surface area contributed by atoms with Crippen LogP contribution in [-0.2, 0) is 4.74 Å². The van der Waals surface area contributed by atoms with Crippen LogP contribution < -0.4 is 10.4 Å². The van der Waals surface area contributed by atoms with Gasteiger partial charge in [0.05, 0.1) is 24.2 Å². The number of carbonyl (C=O) groups is 2. The van der Waals surface area contributed by atoms with Crippen molar-refractivity contribution in [3.63, 3.8) is 0 Å². The number of anilines is 1. The van der Waals surface area contributed by atoms with Crippen LogP contribution in [0.25, 0.3) is 0 Å². The number of hydrogen-bond acceptors (Lipinski definition) is 5. The summed E-state index contributed by atoms with van der Waals surface area (Å²) in [6, 6.07) is 12.6. The second kappa shape index (κ2) is 6.91. The molecular formula is C22H20NO4-. The fraction of sp³-hybridized carbons (Fsp3) is 0.273. The van der Waals surface area contributed by atoms with Gasteiger partial charge in [0.1, 0.15) is 0 Å². The predicted molar refractivity (Wildman–Crippen MR) is 99.5 cm³/mol. The summed E-state index contributed by atoms with van der Waals surface area (Å²) in [6.45, 7) is 2.15. The van der Waals surface area contributed by atoms with Crippen LogP contribution in [0.15, 0.2) is 54.6 Å². The molecular weight excluding hydrogens is 342 g/mol. The fourth-order valence-corrected chi connectivity index (χ4v) is 4.09. The topological polar surface area (TPSA) is 78.5 Å². The van der Waals surface area contributed by atoms with Crippen LogP contribution in [0, 0.1) is 5.92 Å². The summed E-state index contributed by atoms with van der Waals surface area (Å²) < 4.78 is 5.12. The molecule has 0 radical (unpaired) electrons. The average molecular weight is 362 g/mol. The van der Waals surface area contributed by atoms with E-state index in [1.807, 2.05) is 24.3 Å². The molecule has 5 nitrogen and oxygen atoms in total. The first-order valence-corrected chi connectivity index (χ1v) is 9.14. The number of aromatic carboxylic acids is 1. The molecule has 0 saturated carbocycles. The second-order valence-corrected chi connectivity index (χ2v) is 6.91. The molecule has 27 heavy (non-hydrogen) atoms. The molecule has 0 unspecified atom stereocenters. The Kier molecular flexibility index (Phi) is 4.44. The van der Waals surface area contributed by atoms with Crippen LogP contribution in [0.5, 0.6) is 0 Å². The highest BCUT2D eigenvalue weighted by molar-refractivity contribution is 5.90. The van der Waals surface area contributed by atoms with Crippen LogP contribution in [0.3, 0.4) is 0 Å². The standard InChI is InChI=1S/C22H21NO4/c1-2-27-22(26)15-10-11-19-18(12-15)16-4-3-5-17(16)20(23-19)13-6-8-14(9-7-13)21(24)25/h3-4,6-12,16-17,20,23H,2,5H2,1H3,(H,24,25)/p-1/t16-,17-,20+/m1/s1. The van der Waals surface area contributed by atoms with Crippen molar-refractivity contribution >= 4 is 17.6 Å². The van der Waals surface area contributed by atoms with Crippen molar-refractivity contribution in [3.8, 4) is 0 Å². The summed E-state index contributed by atoms with van der Waals surface area (Å²) in [7, 11) is 0. The molecule has 0 saturated heterocycles. The van der Waals surface area contributed by atoms with Crippen molar-refractivity contribution in [3.05, 3.63) is 76.9 Å². The van der Waals surface area contributed by atoms with Crippen molar-refractivity contribution in [2.45, 2.75) is 25.3 Å². The smallest absolute Gasteiger partial charge is 0.338 e. The molecule has 0 amide bonds. The van der Waals surface area contributed by atoms with Gasteiger partial charge < -0.3 is 20.0 Å². The Bertz CT molecular complexity index is 916. The normalized spacial score (nSPS) is 22.5. The highest BCUT2D eigenvalue weighted by Gasteiger charge is 2.38. The zero-order valence-corrected chi connectivity index (χ0v) is 15.0. The molecule has 2 aromatic carbocycles. The van der Waals surface area contributed by atoms with Gasteiger partial charge in [-0.2, -0.15) is 0 Å². The molecule has 1 N–H and O–H groups in total. The van der Waals surface area contributed by atoms with Crippen molar-refractivity contribution in [2.24, 2.45) is 5.92 Å². The third kappa shape index (κ3) is 3.10. The number of nitrogens with one attached hydrogen (secondary N) is 1. The van der Waals surface area contributed by atoms with Gasteiger partial charge in [-0.25, -0.2) is 4.79 Å². The molecule has 1 heterocycles. The van der Waals surface area contributed by atoms with Crippen molar-refractivity contribution in [1.82, 2.24) is 0 Å². The highest BCUT2D eigenvalue weighted by Crippen LogP contribution is 2.49. The van der Waals surface area contributed by atoms with E-state index in [4.69, 9.17) is 4.74 Å². The molecule has 3 atom stereocenters. The number of carboxylic acids is 1. The Hall–Kier alpha value is -3.08. The van der Waals surface area contributed by atoms with E-state index < -0.39 is 5.97 Å². The van der Waals surface area contributed by atoms with Gasteiger partial charge in [0.15, 0.2) is 0 Å². The van der Waals surface area contributed by atoms with Crippen molar-refractivity contribution < 1.29 is 19.4 Å². The van der Waals surface area contributed by atoms with Crippen molar-refractivity contribution in [1.29, 1.82) is 0 Å². The van der Waals surface area contributed by atoms with Crippen LogP contribution >= 0.6 is 0 Å². The number of carboxylic acid groups (broad SMARTS) is 1. The maximum Gasteiger partial charge on any atom is 0.338 e. The van der Waals surface area contributed by atoms with Crippen LogP contribution in [-0.4, -0.2) is 18.5 Å². The van der Waals surface area contributed by atoms with E-state index in [1.54, 1.807) is 25.1 Å². The van der Waals surface area contributed by atoms with E-state index in [9.17, 15) is 14.7 Å². The Morgan fingerprint density at radius 1 is 1.15 bits per heavy atom. The minimum Gasteiger partial charge on any atom is -0.545 e. The first-order valence-electron chi connectivity index (χ1n) is 9.14. The highest BCUT2D eigenvalue weighted by atomic mass is 16.5. The van der Waals surface area contributed by atoms with Gasteiger partial charge in [-0.15, -0.1) is 0 Å². The summed E-state index contributed by atoms with van der Waals surface area (Å²) in [5.41, 5.74) is 3.87. The maximum absolute atomic E-state index is 12.1. The molecule has 5 heteroatoms. The number of rotatable bonds is 4. The van der Waals surface area contributed by atoms with Gasteiger partial charge in [-0.1, -0.05) is 36.4 Å². The van der Waals surface area contributed by atoms with Crippen LogP contribution in [0.4, 0.5) is 5.69 Å². The summed E-state index contributed by atoms with van der Waals surface area (Å²) in [4.78, 5) is 23.1. The van der Waals surface area contributed by atoms with E-state index in [0.717, 1.165) is 23.2 Å². The largest absolute Gasteiger partial charge is 0.545 e. The third-order valence-electron chi connectivity index (χ3n) is 5.38. The third-order valence-corrected chi connectivity index (χ3v) is 5.38. The van der Waals surface area contributed by atoms with Gasteiger partial charge in [-0.05, 0) is 54.2 Å². The fourth-order valence-electron chi connectivity index (χ4n) is 4.09. The van der Waals surface area contributed by atoms with E-state index in [1.165, 1.54) is 0 Å². The molecule has 2 aromatic rings. The Labute approximate surface area is 157 Å². The lowest BCUT2D eigenvalue weighted by atomic mass is 9.76. The molecule has 4 rings (SSSR count). The molecule has 0 spiro atoms. The molecule has 0 fully saturated rings. The lowest BCUT2D eigenvalue weighted by molar-refractivity contribution is -0.255. The average Bonchev–Trinajstić information content (AvgIpc) is 3.17. The van der Waals surface area contributed by atoms with E-state index in [2.05, 4.69) is 17.5 Å². The Morgan fingerprint density at radius 3 is 2.59 bits per heavy atom. The minimum atomic E-state index is -1.17. The van der Waals surface area contributed by atoms with Gasteiger partial charge in [0.25, 0.3) is 0 Å². The van der Waals surface area contributed by atoms with Gasteiger partial charge in [-0.3, -0.25) is 0 Å². The monoisotopic (exact) mass is 362 g/mol. The predicted octanol–water partition coefficient (Wildman–Crippen LogP) is 3.05. The number of carbonyl (C=O) groups excluding carboxylic acids is 2. The SMILES string of the molecule is CCOC(=O)c1ccc2c(c1)[C@@H]1C=CC[C@H]1[C@H](c1ccc(C(=O)[O-])cc1)N2. The molecule has 138 valence electrons. The Balaban J connectivity index is 1.68. The minimum absolute atomic E-state index is 0.0711. The van der Waals surface area contributed by atoms with E-state index in [-0.39, 0.29) is 23.5 Å². The van der Waals surface area contributed by atoms with Crippen LogP contribution in [0.1, 0.15) is 57.1 Å². The maximum atomic E-state index is 12.1. The number of allylic oxidation sites excluding steroid dienone is 2. The van der Waals surface area contributed by atoms with Gasteiger partial charge in [0.2, 0.25) is 0 Å². The first-order chi connectivity index (χ1) is 13.1. The zero-order valence-electron chi connectivity index (χ0n) is 15.0.